The van der Waals surface area contributed by atoms with Gasteiger partial charge >= 0.3 is 0 Å². The molecule has 0 bridgehead atoms. The van der Waals surface area contributed by atoms with E-state index in [-0.39, 0.29) is 0 Å². The summed E-state index contributed by atoms with van der Waals surface area (Å²) in [4.78, 5) is 4.75. The molecule has 2 nitrogen and oxygen atoms in total. The van der Waals surface area contributed by atoms with E-state index in [1.807, 2.05) is 6.08 Å². The molecule has 0 aromatic heterocycles. The molecule has 7 rings (SSSR count). The van der Waals surface area contributed by atoms with E-state index in [1.54, 1.807) is 0 Å². The van der Waals surface area contributed by atoms with Crippen molar-refractivity contribution < 1.29 is 0 Å². The minimum Gasteiger partial charge on any atom is -0.310 e. The topological polar surface area (TPSA) is 6.48 Å². The summed E-state index contributed by atoms with van der Waals surface area (Å²) in [6, 6.07) is 50.4. The highest BCUT2D eigenvalue weighted by Gasteiger charge is 2.24. The molecule has 1 aliphatic rings. The first-order chi connectivity index (χ1) is 21.1. The molecule has 208 valence electrons. The second-order valence-corrected chi connectivity index (χ2v) is 11.2. The Balaban J connectivity index is 1.23. The van der Waals surface area contributed by atoms with E-state index in [2.05, 4.69) is 170 Å². The second kappa shape index (κ2) is 11.2. The highest BCUT2D eigenvalue weighted by Crippen LogP contribution is 2.45. The average molecular weight is 555 g/mol. The molecule has 0 N–H and O–H groups in total. The fourth-order valence-corrected chi connectivity index (χ4v) is 6.23. The van der Waals surface area contributed by atoms with Crippen molar-refractivity contribution in [2.45, 2.75) is 20.3 Å². The van der Waals surface area contributed by atoms with Gasteiger partial charge in [0.25, 0.3) is 0 Å². The third-order valence-corrected chi connectivity index (χ3v) is 8.49. The van der Waals surface area contributed by atoms with Crippen LogP contribution in [-0.4, -0.2) is 0 Å². The van der Waals surface area contributed by atoms with Crippen LogP contribution >= 0.6 is 0 Å². The third kappa shape index (κ3) is 4.91. The summed E-state index contributed by atoms with van der Waals surface area (Å²) in [6.45, 7) is 8.33. The standard InChI is InChI=1S/C41H34N2/c1-4-31-17-26-41-35(27-31)28-34-13-7-10-16-40(34)43(41)37-24-20-33(21-25-37)32-18-22-36(23-19-32)42(38-14-8-5-11-29(38)2)39-15-9-6-12-30(39)3/h4-27H,1,28H2,2-3H3. The van der Waals surface area contributed by atoms with Crippen LogP contribution in [0.1, 0.15) is 27.8 Å². The van der Waals surface area contributed by atoms with Crippen LogP contribution in [0.2, 0.25) is 0 Å². The predicted molar refractivity (Wildman–Crippen MR) is 184 cm³/mol. The SMILES string of the molecule is C=Cc1ccc2c(c1)Cc1ccccc1N2c1ccc(-c2ccc(N(c3ccccc3C)c3ccccc3C)cc2)cc1. The Labute approximate surface area is 254 Å². The lowest BCUT2D eigenvalue weighted by Gasteiger charge is -2.33. The lowest BCUT2D eigenvalue weighted by molar-refractivity contribution is 1.09. The van der Waals surface area contributed by atoms with E-state index >= 15 is 0 Å². The zero-order valence-electron chi connectivity index (χ0n) is 24.7. The van der Waals surface area contributed by atoms with Gasteiger partial charge in [-0.05, 0) is 107 Å². The van der Waals surface area contributed by atoms with Gasteiger partial charge in [-0.1, -0.05) is 97.6 Å². The zero-order chi connectivity index (χ0) is 29.3. The van der Waals surface area contributed by atoms with Crippen LogP contribution in [0.5, 0.6) is 0 Å². The molecular formula is C41H34N2. The van der Waals surface area contributed by atoms with Gasteiger partial charge in [0.05, 0.1) is 0 Å². The fraction of sp³-hybridized carbons (Fsp3) is 0.0732. The normalized spacial score (nSPS) is 11.9. The lowest BCUT2D eigenvalue weighted by atomic mass is 9.93. The summed E-state index contributed by atoms with van der Waals surface area (Å²) in [7, 11) is 0. The molecule has 43 heavy (non-hydrogen) atoms. The Hall–Kier alpha value is -5.34. The molecule has 0 radical (unpaired) electrons. The molecule has 0 aliphatic carbocycles. The molecule has 0 amide bonds. The van der Waals surface area contributed by atoms with Crippen molar-refractivity contribution in [3.05, 3.63) is 174 Å². The molecule has 0 spiro atoms. The van der Waals surface area contributed by atoms with E-state index in [0.29, 0.717) is 0 Å². The molecule has 0 saturated heterocycles. The van der Waals surface area contributed by atoms with E-state index < -0.39 is 0 Å². The van der Waals surface area contributed by atoms with Crippen molar-refractivity contribution in [2.75, 3.05) is 9.80 Å². The van der Waals surface area contributed by atoms with Gasteiger partial charge in [-0.3, -0.25) is 0 Å². The number of hydrogen-bond donors (Lipinski definition) is 0. The number of anilines is 6. The molecule has 1 aliphatic heterocycles. The third-order valence-electron chi connectivity index (χ3n) is 8.49. The van der Waals surface area contributed by atoms with Crippen LogP contribution in [-0.2, 0) is 6.42 Å². The Bertz CT molecular complexity index is 1890. The monoisotopic (exact) mass is 554 g/mol. The first-order valence-electron chi connectivity index (χ1n) is 14.9. The lowest BCUT2D eigenvalue weighted by Crippen LogP contribution is -2.18. The highest BCUT2D eigenvalue weighted by molar-refractivity contribution is 5.85. The summed E-state index contributed by atoms with van der Waals surface area (Å²) in [5.41, 5.74) is 15.8. The molecule has 2 heteroatoms. The number of nitrogens with zero attached hydrogens (tertiary/aromatic N) is 2. The van der Waals surface area contributed by atoms with Crippen LogP contribution in [0.15, 0.2) is 146 Å². The molecule has 0 saturated carbocycles. The molecule has 1 heterocycles. The van der Waals surface area contributed by atoms with Gasteiger partial charge in [0.2, 0.25) is 0 Å². The molecule has 0 unspecified atom stereocenters. The van der Waals surface area contributed by atoms with Gasteiger partial charge in [-0.2, -0.15) is 0 Å². The summed E-state index contributed by atoms with van der Waals surface area (Å²) >= 11 is 0. The summed E-state index contributed by atoms with van der Waals surface area (Å²) in [5, 5.41) is 0. The maximum absolute atomic E-state index is 3.98. The van der Waals surface area contributed by atoms with Crippen molar-refractivity contribution in [1.29, 1.82) is 0 Å². The first-order valence-corrected chi connectivity index (χ1v) is 14.9. The van der Waals surface area contributed by atoms with Crippen molar-refractivity contribution >= 4 is 40.2 Å². The van der Waals surface area contributed by atoms with Gasteiger partial charge in [0.1, 0.15) is 0 Å². The van der Waals surface area contributed by atoms with Gasteiger partial charge < -0.3 is 9.80 Å². The molecule has 0 atom stereocenters. The van der Waals surface area contributed by atoms with E-state index in [0.717, 1.165) is 23.4 Å². The second-order valence-electron chi connectivity index (χ2n) is 11.2. The molecular weight excluding hydrogens is 520 g/mol. The van der Waals surface area contributed by atoms with Gasteiger partial charge in [0, 0.05) is 40.5 Å². The number of hydrogen-bond acceptors (Lipinski definition) is 2. The number of fused-ring (bicyclic) bond motifs is 2. The van der Waals surface area contributed by atoms with Crippen LogP contribution < -0.4 is 9.80 Å². The Morgan fingerprint density at radius 1 is 0.581 bits per heavy atom. The Morgan fingerprint density at radius 3 is 1.77 bits per heavy atom. The van der Waals surface area contributed by atoms with Crippen LogP contribution in [0.25, 0.3) is 17.2 Å². The zero-order valence-corrected chi connectivity index (χ0v) is 24.7. The largest absolute Gasteiger partial charge is 0.310 e. The van der Waals surface area contributed by atoms with Crippen molar-refractivity contribution in [3.63, 3.8) is 0 Å². The van der Waals surface area contributed by atoms with E-state index in [1.165, 1.54) is 56.1 Å². The number of benzene rings is 6. The minimum atomic E-state index is 0.927. The molecule has 6 aromatic rings. The van der Waals surface area contributed by atoms with E-state index in [9.17, 15) is 0 Å². The van der Waals surface area contributed by atoms with Gasteiger partial charge in [-0.15, -0.1) is 0 Å². The maximum Gasteiger partial charge on any atom is 0.0497 e. The fourth-order valence-electron chi connectivity index (χ4n) is 6.23. The van der Waals surface area contributed by atoms with Gasteiger partial charge in [-0.25, -0.2) is 0 Å². The Kier molecular flexibility index (Phi) is 6.89. The Morgan fingerprint density at radius 2 is 1.14 bits per heavy atom. The number of rotatable bonds is 6. The van der Waals surface area contributed by atoms with Crippen LogP contribution in [0, 0.1) is 13.8 Å². The minimum absolute atomic E-state index is 0.927. The number of para-hydroxylation sites is 3. The van der Waals surface area contributed by atoms with Crippen LogP contribution in [0.3, 0.4) is 0 Å². The summed E-state index contributed by atoms with van der Waals surface area (Å²) in [6.07, 6.45) is 2.85. The first kappa shape index (κ1) is 26.6. The quantitative estimate of drug-likeness (QED) is 0.202. The number of aryl methyl sites for hydroxylation is 2. The maximum atomic E-state index is 3.98. The molecule has 6 aromatic carbocycles. The van der Waals surface area contributed by atoms with Gasteiger partial charge in [0.15, 0.2) is 0 Å². The predicted octanol–water partition coefficient (Wildman–Crippen LogP) is 11.5. The van der Waals surface area contributed by atoms with Crippen molar-refractivity contribution in [1.82, 2.24) is 0 Å². The summed E-state index contributed by atoms with van der Waals surface area (Å²) in [5.74, 6) is 0. The molecule has 0 fully saturated rings. The summed E-state index contributed by atoms with van der Waals surface area (Å²) < 4.78 is 0. The van der Waals surface area contributed by atoms with Crippen molar-refractivity contribution in [3.8, 4) is 11.1 Å². The average Bonchev–Trinajstić information content (AvgIpc) is 3.05. The van der Waals surface area contributed by atoms with Crippen LogP contribution in [0.4, 0.5) is 34.1 Å². The smallest absolute Gasteiger partial charge is 0.0497 e. The highest BCUT2D eigenvalue weighted by atomic mass is 15.2. The van der Waals surface area contributed by atoms with E-state index in [4.69, 9.17) is 0 Å². The van der Waals surface area contributed by atoms with Crippen molar-refractivity contribution in [2.24, 2.45) is 0 Å².